The van der Waals surface area contributed by atoms with Gasteiger partial charge >= 0.3 is 106 Å². The van der Waals surface area contributed by atoms with Gasteiger partial charge in [0.05, 0.1) is 0 Å². The molecule has 3 nitrogen and oxygen atoms in total. The van der Waals surface area contributed by atoms with Gasteiger partial charge in [-0.2, -0.15) is 0 Å². The minimum Gasteiger partial charge on any atom is -0.147 e. The SMILES string of the molecule is CCC[CH2][Zn]([C](=O)O)[c]1cc2ccccc2[nH]1.Cl. The Morgan fingerprint density at radius 1 is 1.39 bits per heavy atom. The number of halogens is 1. The average molecular weight is 320 g/mol. The van der Waals surface area contributed by atoms with Crippen molar-refractivity contribution in [1.82, 2.24) is 4.98 Å². The zero-order valence-corrected chi connectivity index (χ0v) is 14.3. The molecule has 95 valence electrons. The predicted octanol–water partition coefficient (Wildman–Crippen LogP) is 3.73. The molecule has 0 bridgehead atoms. The van der Waals surface area contributed by atoms with Crippen LogP contribution in [0.2, 0.25) is 5.02 Å². The number of nitrogens with one attached hydrogen (secondary N) is 1. The number of carbonyl (C=O) groups is 1. The first kappa shape index (κ1) is 15.2. The number of hydrogen-bond donors (Lipinski definition) is 2. The molecule has 0 saturated heterocycles. The van der Waals surface area contributed by atoms with Crippen LogP contribution < -0.4 is 4.29 Å². The molecule has 5 heteroatoms. The van der Waals surface area contributed by atoms with Crippen LogP contribution in [0.25, 0.3) is 10.9 Å². The van der Waals surface area contributed by atoms with E-state index in [9.17, 15) is 9.90 Å². The Kier molecular flexibility index (Phi) is 5.84. The fourth-order valence-corrected chi connectivity index (χ4v) is 8.41. The number of hydrogen-bond acceptors (Lipinski definition) is 1. The molecule has 1 aromatic carbocycles. The van der Waals surface area contributed by atoms with E-state index in [1.165, 1.54) is 0 Å². The van der Waals surface area contributed by atoms with Crippen molar-refractivity contribution in [2.75, 3.05) is 0 Å². The van der Waals surface area contributed by atoms with Crippen molar-refractivity contribution in [3.8, 4) is 0 Å². The summed E-state index contributed by atoms with van der Waals surface area (Å²) in [6.45, 7) is 2.11. The third-order valence-electron chi connectivity index (χ3n) is 3.37. The number of H-pyrrole nitrogens is 1. The Labute approximate surface area is 118 Å². The van der Waals surface area contributed by atoms with Crippen molar-refractivity contribution in [2.24, 2.45) is 0 Å². The zero-order valence-electron chi connectivity index (χ0n) is 10.5. The average Bonchev–Trinajstić information content (AvgIpc) is 2.72. The Morgan fingerprint density at radius 2 is 2.11 bits per heavy atom. The van der Waals surface area contributed by atoms with Gasteiger partial charge in [0, 0.05) is 0 Å². The molecule has 0 fully saturated rings. The van der Waals surface area contributed by atoms with Gasteiger partial charge in [0.15, 0.2) is 0 Å². The van der Waals surface area contributed by atoms with E-state index in [4.69, 9.17) is 0 Å². The molecule has 1 aromatic heterocycles. The molecule has 18 heavy (non-hydrogen) atoms. The topological polar surface area (TPSA) is 53.1 Å². The maximum absolute atomic E-state index is 11.4. The van der Waals surface area contributed by atoms with Crippen molar-refractivity contribution in [3.05, 3.63) is 30.3 Å². The van der Waals surface area contributed by atoms with E-state index in [0.717, 1.165) is 33.0 Å². The van der Waals surface area contributed by atoms with E-state index in [1.54, 1.807) is 0 Å². The van der Waals surface area contributed by atoms with E-state index in [-0.39, 0.29) is 12.4 Å². The van der Waals surface area contributed by atoms with Gasteiger partial charge < -0.3 is 0 Å². The molecule has 0 aliphatic rings. The molecule has 0 spiro atoms. The second-order valence-corrected chi connectivity index (χ2v) is 11.9. The Bertz CT molecular complexity index is 493. The molecule has 0 aliphatic heterocycles. The number of fused-ring (bicyclic) bond motifs is 1. The third kappa shape index (κ3) is 3.33. The van der Waals surface area contributed by atoms with Crippen molar-refractivity contribution >= 4 is 32.2 Å². The molecule has 0 radical (unpaired) electrons. The number of aromatic amines is 1. The molecule has 2 rings (SSSR count). The van der Waals surface area contributed by atoms with Crippen molar-refractivity contribution in [1.29, 1.82) is 0 Å². The smallest absolute Gasteiger partial charge is 0.147 e. The first-order chi connectivity index (χ1) is 8.22. The van der Waals surface area contributed by atoms with Gasteiger partial charge in [0.1, 0.15) is 0 Å². The van der Waals surface area contributed by atoms with Gasteiger partial charge in [-0.15, -0.1) is 12.4 Å². The summed E-state index contributed by atoms with van der Waals surface area (Å²) >= 11 is -2.64. The largest absolute Gasteiger partial charge is 0.147 e. The molecule has 0 saturated carbocycles. The molecular formula is C13H17ClNO2Zn. The summed E-state index contributed by atoms with van der Waals surface area (Å²) < 4.78 is 0.483. The molecule has 0 aliphatic carbocycles. The van der Waals surface area contributed by atoms with Gasteiger partial charge in [-0.05, 0) is 0 Å². The van der Waals surface area contributed by atoms with E-state index in [2.05, 4.69) is 11.9 Å². The minimum atomic E-state index is -2.64. The molecular weight excluding hydrogens is 303 g/mol. The number of para-hydroxylation sites is 1. The summed E-state index contributed by atoms with van der Waals surface area (Å²) in [5.41, 5.74) is 1.06. The molecule has 0 atom stereocenters. The van der Waals surface area contributed by atoms with Crippen LogP contribution in [-0.4, -0.2) is 14.7 Å². The summed E-state index contributed by atoms with van der Waals surface area (Å²) in [6.07, 6.45) is 2.10. The summed E-state index contributed by atoms with van der Waals surface area (Å²) in [7, 11) is 0. The number of aromatic nitrogens is 1. The zero-order chi connectivity index (χ0) is 12.3. The van der Waals surface area contributed by atoms with Crippen LogP contribution in [0.3, 0.4) is 0 Å². The van der Waals surface area contributed by atoms with E-state index in [0.29, 0.717) is 0 Å². The summed E-state index contributed by atoms with van der Waals surface area (Å²) in [6, 6.07) is 10.0. The van der Waals surface area contributed by atoms with Crippen LogP contribution in [0.5, 0.6) is 0 Å². The van der Waals surface area contributed by atoms with Crippen LogP contribution in [0.1, 0.15) is 19.8 Å². The summed E-state index contributed by atoms with van der Waals surface area (Å²) in [4.78, 5) is 14.7. The Hall–Kier alpha value is -0.857. The number of unbranched alkanes of at least 4 members (excludes halogenated alkanes) is 1. The van der Waals surface area contributed by atoms with E-state index >= 15 is 0 Å². The maximum atomic E-state index is 11.4. The molecule has 2 aromatic rings. The second-order valence-electron chi connectivity index (χ2n) is 4.66. The van der Waals surface area contributed by atoms with E-state index < -0.39 is 20.5 Å². The van der Waals surface area contributed by atoms with Crippen LogP contribution in [-0.2, 0) is 16.0 Å². The normalized spacial score (nSPS) is 10.1. The van der Waals surface area contributed by atoms with Crippen molar-refractivity contribution < 1.29 is 25.9 Å². The molecule has 1 heterocycles. The predicted molar refractivity (Wildman–Crippen MR) is 72.9 cm³/mol. The standard InChI is InChI=1S/C8H6N.C4H9.CHO2.ClH.Zn/c1-2-4-8-7(3-1)5-6-9-8;1-3-4-2;2-1-3;;/h1-5,9H;1,3-4H2,2H3;(H,2,3);1H;. The maximum Gasteiger partial charge on any atom is -0.147 e. The first-order valence-corrected chi connectivity index (χ1v) is 11.3. The van der Waals surface area contributed by atoms with Gasteiger partial charge in [-0.3, -0.25) is 0 Å². The van der Waals surface area contributed by atoms with Crippen LogP contribution in [0.4, 0.5) is 4.79 Å². The number of benzene rings is 1. The van der Waals surface area contributed by atoms with Crippen LogP contribution in [0, 0.1) is 0 Å². The van der Waals surface area contributed by atoms with Crippen molar-refractivity contribution in [3.63, 3.8) is 0 Å². The molecule has 2 N–H and O–H groups in total. The fraction of sp³-hybridized carbons (Fsp3) is 0.308. The van der Waals surface area contributed by atoms with Crippen LogP contribution >= 0.6 is 12.4 Å². The number of carboxylic acid groups (broad SMARTS) is 1. The van der Waals surface area contributed by atoms with Gasteiger partial charge in [0.2, 0.25) is 0 Å². The summed E-state index contributed by atoms with van der Waals surface area (Å²) in [5.74, 6) is 0. The first-order valence-electron chi connectivity index (χ1n) is 6.25. The van der Waals surface area contributed by atoms with E-state index in [1.807, 2.05) is 30.3 Å². The monoisotopic (exact) mass is 318 g/mol. The second kappa shape index (κ2) is 6.91. The minimum absolute atomic E-state index is 0. The fourth-order valence-electron chi connectivity index (χ4n) is 2.37. The van der Waals surface area contributed by atoms with Crippen molar-refractivity contribution in [2.45, 2.75) is 24.8 Å². The van der Waals surface area contributed by atoms with Gasteiger partial charge in [0.25, 0.3) is 0 Å². The quantitative estimate of drug-likeness (QED) is 0.825. The van der Waals surface area contributed by atoms with Gasteiger partial charge in [-0.25, -0.2) is 0 Å². The Balaban J connectivity index is 0.00000162. The molecule has 0 unspecified atom stereocenters. The summed E-state index contributed by atoms with van der Waals surface area (Å²) in [5, 5.41) is 11.4. The van der Waals surface area contributed by atoms with Gasteiger partial charge in [-0.1, -0.05) is 0 Å². The Morgan fingerprint density at radius 3 is 2.72 bits per heavy atom. The third-order valence-corrected chi connectivity index (χ3v) is 10.2. The van der Waals surface area contributed by atoms with Crippen LogP contribution in [0.15, 0.2) is 30.3 Å². The number of rotatable bonds is 5. The molecule has 0 amide bonds.